The molecule has 0 saturated heterocycles. The van der Waals surface area contributed by atoms with Gasteiger partial charge < -0.3 is 17.7 Å². The van der Waals surface area contributed by atoms with Crippen LogP contribution in [0, 0.1) is 0 Å². The zero-order valence-electron chi connectivity index (χ0n) is 21.4. The van der Waals surface area contributed by atoms with Crippen molar-refractivity contribution in [2.45, 2.75) is 119 Å². The van der Waals surface area contributed by atoms with E-state index in [0.717, 1.165) is 0 Å². The van der Waals surface area contributed by atoms with Crippen molar-refractivity contribution in [1.82, 2.24) is 0 Å². The van der Waals surface area contributed by atoms with Gasteiger partial charge in [-0.05, 0) is 65.8 Å². The molecule has 0 N–H and O–H groups in total. The Morgan fingerprint density at radius 1 is 0.433 bits per heavy atom. The highest BCUT2D eigenvalue weighted by atomic mass is 28.4. The van der Waals surface area contributed by atoms with E-state index in [2.05, 4.69) is 107 Å². The first kappa shape index (κ1) is 27.5. The topological polar surface area (TPSA) is 36.9 Å². The summed E-state index contributed by atoms with van der Waals surface area (Å²) in [5, 5.41) is 2.34. The van der Waals surface area contributed by atoms with Crippen LogP contribution in [0.1, 0.15) is 83.1 Å². The van der Waals surface area contributed by atoms with Crippen molar-refractivity contribution in [2.75, 3.05) is 0 Å². The van der Waals surface area contributed by atoms with Crippen LogP contribution in [0.4, 0.5) is 0 Å². The maximum absolute atomic E-state index is 6.56. The maximum Gasteiger partial charge on any atom is 0.375 e. The summed E-state index contributed by atoms with van der Waals surface area (Å²) in [6.45, 7) is 25.6. The van der Waals surface area contributed by atoms with Crippen molar-refractivity contribution in [3.63, 3.8) is 0 Å². The van der Waals surface area contributed by atoms with Crippen molar-refractivity contribution < 1.29 is 17.7 Å². The smallest absolute Gasteiger partial charge is 0.375 e. The molecule has 1 rings (SSSR count). The molecule has 1 aromatic rings. The largest absolute Gasteiger partial charge is 0.388 e. The highest BCUT2D eigenvalue weighted by Crippen LogP contribution is 2.29. The lowest BCUT2D eigenvalue weighted by atomic mass is 10.4. The molecule has 0 aliphatic heterocycles. The molecule has 4 nitrogen and oxygen atoms in total. The van der Waals surface area contributed by atoms with Crippen molar-refractivity contribution in [3.8, 4) is 0 Å². The van der Waals surface area contributed by atoms with E-state index in [1.165, 1.54) is 10.4 Å². The van der Waals surface area contributed by atoms with E-state index < -0.39 is 17.1 Å². The fourth-order valence-electron chi connectivity index (χ4n) is 3.87. The second-order valence-electron chi connectivity index (χ2n) is 9.89. The molecule has 0 unspecified atom stereocenters. The van der Waals surface area contributed by atoms with Crippen molar-refractivity contribution in [2.24, 2.45) is 0 Å². The molecule has 0 fully saturated rings. The molecule has 0 spiro atoms. The number of benzene rings is 1. The average Bonchev–Trinajstić information content (AvgIpc) is 2.58. The summed E-state index contributed by atoms with van der Waals surface area (Å²) in [6, 6.07) is 8.79. The molecule has 0 saturated carbocycles. The van der Waals surface area contributed by atoms with Gasteiger partial charge in [0.2, 0.25) is 0 Å². The van der Waals surface area contributed by atoms with E-state index in [0.29, 0.717) is 11.1 Å². The molecule has 0 amide bonds. The van der Waals surface area contributed by atoms with Crippen LogP contribution in [0.25, 0.3) is 0 Å². The van der Waals surface area contributed by atoms with E-state index >= 15 is 0 Å². The van der Waals surface area contributed by atoms with Crippen LogP contribution in [0.2, 0.25) is 11.1 Å². The summed E-state index contributed by atoms with van der Waals surface area (Å²) in [6.07, 6.45) is 0.427. The Kier molecular flexibility index (Phi) is 10.4. The molecule has 0 aromatic heterocycles. The van der Waals surface area contributed by atoms with E-state index in [1.54, 1.807) is 0 Å². The Morgan fingerprint density at radius 3 is 0.767 bits per heavy atom. The summed E-state index contributed by atoms with van der Waals surface area (Å²) in [4.78, 5) is 0. The van der Waals surface area contributed by atoms with E-state index in [9.17, 15) is 0 Å². The highest BCUT2D eigenvalue weighted by molar-refractivity contribution is 6.84. The molecule has 0 bridgehead atoms. The molecule has 1 aromatic carbocycles. The molecule has 174 valence electrons. The SMILES string of the molecule is CC(C)O[Si](OC(C)C)(c1ccc([Si](OC(C)C)(OC(C)C)C(C)C)cc1)C(C)C. The third-order valence-electron chi connectivity index (χ3n) is 4.85. The molecule has 0 atom stereocenters. The lowest BCUT2D eigenvalue weighted by molar-refractivity contribution is 0.108. The summed E-state index contributed by atoms with van der Waals surface area (Å²) >= 11 is 0. The number of hydrogen-bond acceptors (Lipinski definition) is 4. The highest BCUT2D eigenvalue weighted by Gasteiger charge is 2.48. The van der Waals surface area contributed by atoms with Gasteiger partial charge in [-0.3, -0.25) is 0 Å². The van der Waals surface area contributed by atoms with E-state index in [1.807, 2.05) is 0 Å². The fraction of sp³-hybridized carbons (Fsp3) is 0.750. The van der Waals surface area contributed by atoms with Crippen LogP contribution in [-0.2, 0) is 17.7 Å². The molecule has 0 aliphatic rings. The summed E-state index contributed by atoms with van der Waals surface area (Å²) in [5.41, 5.74) is 0.582. The van der Waals surface area contributed by atoms with Crippen molar-refractivity contribution in [3.05, 3.63) is 24.3 Å². The van der Waals surface area contributed by atoms with Gasteiger partial charge in [-0.2, -0.15) is 0 Å². The normalized spacial score (nSPS) is 13.7. The van der Waals surface area contributed by atoms with Gasteiger partial charge in [0.25, 0.3) is 0 Å². The molecule has 0 radical (unpaired) electrons. The second kappa shape index (κ2) is 11.4. The Hall–Kier alpha value is -0.506. The Balaban J connectivity index is 3.54. The number of hydrogen-bond donors (Lipinski definition) is 0. The summed E-state index contributed by atoms with van der Waals surface area (Å²) in [7, 11) is -5.23. The van der Waals surface area contributed by atoms with Crippen LogP contribution in [0.15, 0.2) is 24.3 Å². The molecular weight excluding hydrogens is 408 g/mol. The summed E-state index contributed by atoms with van der Waals surface area (Å²) in [5.74, 6) is 0. The van der Waals surface area contributed by atoms with Gasteiger partial charge in [-0.1, -0.05) is 52.0 Å². The zero-order chi connectivity index (χ0) is 23.3. The zero-order valence-corrected chi connectivity index (χ0v) is 23.4. The van der Waals surface area contributed by atoms with Gasteiger partial charge in [0, 0.05) is 35.5 Å². The summed E-state index contributed by atoms with van der Waals surface area (Å²) < 4.78 is 26.3. The Morgan fingerprint density at radius 2 is 0.633 bits per heavy atom. The third-order valence-corrected chi connectivity index (χ3v) is 13.5. The quantitative estimate of drug-likeness (QED) is 0.391. The first-order chi connectivity index (χ1) is 13.8. The van der Waals surface area contributed by atoms with E-state index in [4.69, 9.17) is 17.7 Å². The van der Waals surface area contributed by atoms with Gasteiger partial charge >= 0.3 is 17.1 Å². The Labute approximate surface area is 188 Å². The minimum absolute atomic E-state index is 0.107. The van der Waals surface area contributed by atoms with Gasteiger partial charge in [0.05, 0.1) is 0 Å². The first-order valence-electron chi connectivity index (χ1n) is 11.6. The van der Waals surface area contributed by atoms with Crippen molar-refractivity contribution >= 4 is 27.5 Å². The predicted molar refractivity (Wildman–Crippen MR) is 132 cm³/mol. The van der Waals surface area contributed by atoms with Crippen LogP contribution >= 0.6 is 0 Å². The molecule has 30 heavy (non-hydrogen) atoms. The average molecular weight is 455 g/mol. The maximum atomic E-state index is 6.56. The molecule has 0 heterocycles. The fourth-order valence-corrected chi connectivity index (χ4v) is 11.0. The minimum atomic E-state index is -2.61. The lowest BCUT2D eigenvalue weighted by Crippen LogP contribution is -2.61. The van der Waals surface area contributed by atoms with Gasteiger partial charge in [0.15, 0.2) is 0 Å². The van der Waals surface area contributed by atoms with E-state index in [-0.39, 0.29) is 24.4 Å². The third kappa shape index (κ3) is 6.74. The number of rotatable bonds is 12. The van der Waals surface area contributed by atoms with Crippen LogP contribution in [0.3, 0.4) is 0 Å². The Bertz CT molecular complexity index is 550. The van der Waals surface area contributed by atoms with Gasteiger partial charge in [0.1, 0.15) is 0 Å². The molecule has 6 heteroatoms. The standard InChI is InChI=1S/C24H46O4Si2/c1-17(2)25-29(21(9)10,26-18(3)4)23-13-15-24(16-14-23)30(22(11)12,27-19(5)6)28-20(7)8/h13-22H,1-12H3. The first-order valence-corrected chi connectivity index (χ1v) is 15.4. The van der Waals surface area contributed by atoms with Crippen molar-refractivity contribution in [1.29, 1.82) is 0 Å². The molecule has 0 aliphatic carbocycles. The second-order valence-corrected chi connectivity index (χ2v) is 17.0. The minimum Gasteiger partial charge on any atom is -0.388 e. The van der Waals surface area contributed by atoms with Crippen LogP contribution in [-0.4, -0.2) is 41.5 Å². The van der Waals surface area contributed by atoms with Gasteiger partial charge in [-0.25, -0.2) is 0 Å². The van der Waals surface area contributed by atoms with Gasteiger partial charge in [-0.15, -0.1) is 0 Å². The van der Waals surface area contributed by atoms with Crippen LogP contribution in [0.5, 0.6) is 0 Å². The lowest BCUT2D eigenvalue weighted by Gasteiger charge is -2.39. The predicted octanol–water partition coefficient (Wildman–Crippen LogP) is 5.51. The monoisotopic (exact) mass is 454 g/mol. The molecular formula is C24H46O4Si2. The van der Waals surface area contributed by atoms with Crippen LogP contribution < -0.4 is 10.4 Å².